The summed E-state index contributed by atoms with van der Waals surface area (Å²) in [6.07, 6.45) is 3.64. The van der Waals surface area contributed by atoms with E-state index in [1.54, 1.807) is 14.2 Å². The fourth-order valence-electron chi connectivity index (χ4n) is 2.15. The van der Waals surface area contributed by atoms with Crippen molar-refractivity contribution in [2.24, 2.45) is 5.92 Å². The van der Waals surface area contributed by atoms with Gasteiger partial charge in [0.25, 0.3) is 0 Å². The first kappa shape index (κ1) is 12.9. The fraction of sp³-hybridized carbons (Fsp3) is 0.750. The molecule has 2 rings (SSSR count). The minimum absolute atomic E-state index is 0.363. The molecule has 1 aromatic heterocycles. The molecule has 1 saturated heterocycles. The van der Waals surface area contributed by atoms with Crippen molar-refractivity contribution in [3.8, 4) is 6.01 Å². The Bertz CT molecular complexity index is 376. The molecule has 0 amide bonds. The molecule has 1 aliphatic heterocycles. The molecule has 6 nitrogen and oxygen atoms in total. The average molecular weight is 251 g/mol. The largest absolute Gasteiger partial charge is 0.467 e. The number of ether oxygens (including phenoxy) is 1. The van der Waals surface area contributed by atoms with E-state index < -0.39 is 0 Å². The van der Waals surface area contributed by atoms with Gasteiger partial charge in [-0.1, -0.05) is 6.92 Å². The highest BCUT2D eigenvalue weighted by molar-refractivity contribution is 5.38. The van der Waals surface area contributed by atoms with Gasteiger partial charge in [0, 0.05) is 20.1 Å². The van der Waals surface area contributed by atoms with Crippen LogP contribution in [0.5, 0.6) is 6.01 Å². The van der Waals surface area contributed by atoms with Crippen molar-refractivity contribution in [3.05, 3.63) is 0 Å². The predicted octanol–water partition coefficient (Wildman–Crippen LogP) is 1.55. The summed E-state index contributed by atoms with van der Waals surface area (Å²) >= 11 is 0. The maximum Gasteiger partial charge on any atom is 0.322 e. The molecule has 18 heavy (non-hydrogen) atoms. The Kier molecular flexibility index (Phi) is 4.17. The zero-order valence-electron chi connectivity index (χ0n) is 11.3. The van der Waals surface area contributed by atoms with Crippen LogP contribution in [0.1, 0.15) is 26.2 Å². The maximum atomic E-state index is 5.11. The number of nitrogens with one attached hydrogen (secondary N) is 1. The summed E-state index contributed by atoms with van der Waals surface area (Å²) in [5, 5.41) is 2.94. The van der Waals surface area contributed by atoms with Gasteiger partial charge in [-0.25, -0.2) is 0 Å². The summed E-state index contributed by atoms with van der Waals surface area (Å²) < 4.78 is 5.11. The number of nitrogens with zero attached hydrogens (tertiary/aromatic N) is 4. The Balaban J connectivity index is 2.20. The van der Waals surface area contributed by atoms with E-state index in [9.17, 15) is 0 Å². The number of methoxy groups -OCH3 is 1. The molecule has 0 radical (unpaired) electrons. The van der Waals surface area contributed by atoms with E-state index in [-0.39, 0.29) is 0 Å². The van der Waals surface area contributed by atoms with Gasteiger partial charge in [-0.3, -0.25) is 0 Å². The van der Waals surface area contributed by atoms with Crippen LogP contribution >= 0.6 is 0 Å². The van der Waals surface area contributed by atoms with Gasteiger partial charge in [0.15, 0.2) is 0 Å². The van der Waals surface area contributed by atoms with Gasteiger partial charge in [0.2, 0.25) is 11.9 Å². The SMILES string of the molecule is CNc1nc(OC)nc(N2CCCC(C)CC2)n1. The third-order valence-electron chi connectivity index (χ3n) is 3.31. The summed E-state index contributed by atoms with van der Waals surface area (Å²) in [5.74, 6) is 2.04. The highest BCUT2D eigenvalue weighted by Gasteiger charge is 2.17. The molecule has 0 bridgehead atoms. The second kappa shape index (κ2) is 5.84. The normalized spacial score (nSPS) is 20.4. The second-order valence-electron chi connectivity index (χ2n) is 4.72. The van der Waals surface area contributed by atoms with Gasteiger partial charge in [-0.15, -0.1) is 0 Å². The van der Waals surface area contributed by atoms with Gasteiger partial charge in [0.1, 0.15) is 0 Å². The van der Waals surface area contributed by atoms with Gasteiger partial charge in [-0.2, -0.15) is 15.0 Å². The Hall–Kier alpha value is -1.59. The minimum Gasteiger partial charge on any atom is -0.467 e. The van der Waals surface area contributed by atoms with Crippen molar-refractivity contribution >= 4 is 11.9 Å². The molecule has 0 aliphatic carbocycles. The second-order valence-corrected chi connectivity index (χ2v) is 4.72. The molecular formula is C12H21N5O. The first-order valence-corrected chi connectivity index (χ1v) is 6.45. The van der Waals surface area contributed by atoms with E-state index in [1.165, 1.54) is 19.3 Å². The molecule has 1 unspecified atom stereocenters. The van der Waals surface area contributed by atoms with Crippen LogP contribution in [0.15, 0.2) is 0 Å². The molecule has 0 aromatic carbocycles. The maximum absolute atomic E-state index is 5.11. The summed E-state index contributed by atoms with van der Waals surface area (Å²) in [6.45, 7) is 4.30. The summed E-state index contributed by atoms with van der Waals surface area (Å²) in [4.78, 5) is 15.1. The van der Waals surface area contributed by atoms with E-state index in [0.29, 0.717) is 17.9 Å². The zero-order valence-corrected chi connectivity index (χ0v) is 11.3. The Morgan fingerprint density at radius 1 is 1.22 bits per heavy atom. The fourth-order valence-corrected chi connectivity index (χ4v) is 2.15. The van der Waals surface area contributed by atoms with E-state index in [4.69, 9.17) is 4.74 Å². The summed E-state index contributed by atoms with van der Waals surface area (Å²) in [7, 11) is 3.37. The number of aromatic nitrogens is 3. The first-order chi connectivity index (χ1) is 8.72. The number of anilines is 2. The molecule has 1 aliphatic rings. The van der Waals surface area contributed by atoms with E-state index >= 15 is 0 Å². The Labute approximate surface area is 108 Å². The molecule has 0 spiro atoms. The van der Waals surface area contributed by atoms with Gasteiger partial charge in [-0.05, 0) is 25.2 Å². The molecule has 1 fully saturated rings. The van der Waals surface area contributed by atoms with Crippen molar-refractivity contribution in [2.75, 3.05) is 37.5 Å². The third kappa shape index (κ3) is 3.00. The predicted molar refractivity (Wildman–Crippen MR) is 71.2 cm³/mol. The molecule has 1 N–H and O–H groups in total. The van der Waals surface area contributed by atoms with Crippen LogP contribution < -0.4 is 15.0 Å². The van der Waals surface area contributed by atoms with Crippen LogP contribution in [0.2, 0.25) is 0 Å². The van der Waals surface area contributed by atoms with Crippen LogP contribution in [0.25, 0.3) is 0 Å². The van der Waals surface area contributed by atoms with Crippen molar-refractivity contribution in [1.29, 1.82) is 0 Å². The van der Waals surface area contributed by atoms with Crippen LogP contribution in [0.4, 0.5) is 11.9 Å². The lowest BCUT2D eigenvalue weighted by Crippen LogP contribution is -2.27. The molecule has 0 saturated carbocycles. The average Bonchev–Trinajstić information content (AvgIpc) is 2.63. The Morgan fingerprint density at radius 2 is 2.06 bits per heavy atom. The molecule has 100 valence electrons. The molecule has 2 heterocycles. The highest BCUT2D eigenvalue weighted by atomic mass is 16.5. The third-order valence-corrected chi connectivity index (χ3v) is 3.31. The van der Waals surface area contributed by atoms with Crippen LogP contribution in [0.3, 0.4) is 0 Å². The minimum atomic E-state index is 0.363. The van der Waals surface area contributed by atoms with Gasteiger partial charge >= 0.3 is 6.01 Å². The summed E-state index contributed by atoms with van der Waals surface area (Å²) in [6, 6.07) is 0.363. The van der Waals surface area contributed by atoms with E-state index in [1.807, 2.05) is 0 Å². The van der Waals surface area contributed by atoms with Crippen molar-refractivity contribution in [1.82, 2.24) is 15.0 Å². The van der Waals surface area contributed by atoms with Gasteiger partial charge < -0.3 is 15.0 Å². The lowest BCUT2D eigenvalue weighted by molar-refractivity contribution is 0.378. The van der Waals surface area contributed by atoms with Crippen LogP contribution in [0, 0.1) is 5.92 Å². The highest BCUT2D eigenvalue weighted by Crippen LogP contribution is 2.21. The Morgan fingerprint density at radius 3 is 2.78 bits per heavy atom. The zero-order chi connectivity index (χ0) is 13.0. The van der Waals surface area contributed by atoms with Gasteiger partial charge in [0.05, 0.1) is 7.11 Å². The monoisotopic (exact) mass is 251 g/mol. The number of hydrogen-bond acceptors (Lipinski definition) is 6. The first-order valence-electron chi connectivity index (χ1n) is 6.45. The molecule has 6 heteroatoms. The van der Waals surface area contributed by atoms with E-state index in [2.05, 4.69) is 32.1 Å². The standard InChI is InChI=1S/C12H21N5O/c1-9-5-4-7-17(8-6-9)11-14-10(13-2)15-12(16-11)18-3/h9H,4-8H2,1-3H3,(H,13,14,15,16). The smallest absolute Gasteiger partial charge is 0.322 e. The van der Waals surface area contributed by atoms with Crippen LogP contribution in [-0.2, 0) is 0 Å². The van der Waals surface area contributed by atoms with Crippen LogP contribution in [-0.4, -0.2) is 42.2 Å². The lowest BCUT2D eigenvalue weighted by Gasteiger charge is -2.20. The number of hydrogen-bond donors (Lipinski definition) is 1. The van der Waals surface area contributed by atoms with Crippen molar-refractivity contribution in [2.45, 2.75) is 26.2 Å². The number of rotatable bonds is 3. The molecular weight excluding hydrogens is 230 g/mol. The lowest BCUT2D eigenvalue weighted by atomic mass is 10.0. The van der Waals surface area contributed by atoms with Crippen molar-refractivity contribution < 1.29 is 4.74 Å². The molecule has 1 atom stereocenters. The van der Waals surface area contributed by atoms with E-state index in [0.717, 1.165) is 19.0 Å². The topological polar surface area (TPSA) is 63.2 Å². The van der Waals surface area contributed by atoms with Crippen molar-refractivity contribution in [3.63, 3.8) is 0 Å². The quantitative estimate of drug-likeness (QED) is 0.879. The summed E-state index contributed by atoms with van der Waals surface area (Å²) in [5.41, 5.74) is 0. The molecule has 1 aromatic rings.